The van der Waals surface area contributed by atoms with Crippen LogP contribution in [0.4, 0.5) is 0 Å². The number of nitrogens with zero attached hydrogens (tertiary/aromatic N) is 2. The third-order valence-corrected chi connectivity index (χ3v) is 6.79. The van der Waals surface area contributed by atoms with Crippen molar-refractivity contribution in [2.75, 3.05) is 19.6 Å². The molecule has 7 nitrogen and oxygen atoms in total. The molecule has 0 saturated carbocycles. The van der Waals surface area contributed by atoms with Crippen molar-refractivity contribution < 1.29 is 19.2 Å². The molecule has 2 heterocycles. The summed E-state index contributed by atoms with van der Waals surface area (Å²) in [7, 11) is 0. The number of fused-ring (bicyclic) bond motifs is 1. The fourth-order valence-corrected chi connectivity index (χ4v) is 4.27. The van der Waals surface area contributed by atoms with Gasteiger partial charge in [0.1, 0.15) is 0 Å². The van der Waals surface area contributed by atoms with E-state index >= 15 is 0 Å². The molecule has 1 fully saturated rings. The minimum atomic E-state index is -0.309. The highest BCUT2D eigenvalue weighted by Gasteiger charge is 2.35. The SMILES string of the molecule is CC(C)C(C)NC(=O)C1CCN(C(=O)CCCN2C(=O)c3ccc(Br)cc3C2=O)CC1. The van der Waals surface area contributed by atoms with Gasteiger partial charge in [0.2, 0.25) is 11.8 Å². The summed E-state index contributed by atoms with van der Waals surface area (Å²) in [5, 5.41) is 3.06. The minimum Gasteiger partial charge on any atom is -0.353 e. The van der Waals surface area contributed by atoms with Gasteiger partial charge in [-0.1, -0.05) is 29.8 Å². The van der Waals surface area contributed by atoms with E-state index in [-0.39, 0.29) is 48.6 Å². The van der Waals surface area contributed by atoms with Gasteiger partial charge in [-0.3, -0.25) is 24.1 Å². The zero-order chi connectivity index (χ0) is 22.7. The number of halogens is 1. The zero-order valence-electron chi connectivity index (χ0n) is 18.3. The van der Waals surface area contributed by atoms with Gasteiger partial charge in [-0.25, -0.2) is 0 Å². The number of imide groups is 1. The summed E-state index contributed by atoms with van der Waals surface area (Å²) in [6.07, 6.45) is 2.03. The second-order valence-electron chi connectivity index (χ2n) is 8.75. The van der Waals surface area contributed by atoms with E-state index in [9.17, 15) is 19.2 Å². The molecule has 0 aromatic heterocycles. The van der Waals surface area contributed by atoms with Crippen LogP contribution in [-0.4, -0.2) is 59.1 Å². The van der Waals surface area contributed by atoms with Gasteiger partial charge in [-0.15, -0.1) is 0 Å². The number of carbonyl (C=O) groups excluding carboxylic acids is 4. The number of likely N-dealkylation sites (tertiary alicyclic amines) is 1. The zero-order valence-corrected chi connectivity index (χ0v) is 19.9. The van der Waals surface area contributed by atoms with Crippen molar-refractivity contribution in [3.8, 4) is 0 Å². The fourth-order valence-electron chi connectivity index (χ4n) is 3.91. The van der Waals surface area contributed by atoms with E-state index in [2.05, 4.69) is 35.1 Å². The van der Waals surface area contributed by atoms with Crippen molar-refractivity contribution in [1.29, 1.82) is 0 Å². The molecule has 2 aliphatic heterocycles. The maximum atomic E-state index is 12.6. The first kappa shape index (κ1) is 23.4. The molecule has 1 aromatic carbocycles. The maximum Gasteiger partial charge on any atom is 0.261 e. The Morgan fingerprint density at radius 1 is 1.10 bits per heavy atom. The van der Waals surface area contributed by atoms with Crippen LogP contribution in [0.5, 0.6) is 0 Å². The summed E-state index contributed by atoms with van der Waals surface area (Å²) in [6, 6.07) is 5.18. The molecule has 3 rings (SSSR count). The fraction of sp³-hybridized carbons (Fsp3) is 0.565. The third-order valence-electron chi connectivity index (χ3n) is 6.29. The van der Waals surface area contributed by atoms with E-state index in [0.717, 1.165) is 4.47 Å². The van der Waals surface area contributed by atoms with Crippen LogP contribution in [0.3, 0.4) is 0 Å². The second kappa shape index (κ2) is 9.94. The van der Waals surface area contributed by atoms with Crippen molar-refractivity contribution in [2.24, 2.45) is 11.8 Å². The molecule has 1 saturated heterocycles. The Kier molecular flexibility index (Phi) is 7.51. The number of benzene rings is 1. The molecule has 0 bridgehead atoms. The molecule has 168 valence electrons. The van der Waals surface area contributed by atoms with Crippen LogP contribution in [0.2, 0.25) is 0 Å². The number of amides is 4. The molecule has 1 aromatic rings. The lowest BCUT2D eigenvalue weighted by Crippen LogP contribution is -2.45. The molecule has 8 heteroatoms. The largest absolute Gasteiger partial charge is 0.353 e. The Labute approximate surface area is 191 Å². The van der Waals surface area contributed by atoms with E-state index in [1.165, 1.54) is 4.90 Å². The highest BCUT2D eigenvalue weighted by Crippen LogP contribution is 2.26. The van der Waals surface area contributed by atoms with Crippen LogP contribution in [-0.2, 0) is 9.59 Å². The van der Waals surface area contributed by atoms with Crippen molar-refractivity contribution in [2.45, 2.75) is 52.5 Å². The lowest BCUT2D eigenvalue weighted by molar-refractivity contribution is -0.136. The van der Waals surface area contributed by atoms with Crippen molar-refractivity contribution >= 4 is 39.6 Å². The first-order valence-electron chi connectivity index (χ1n) is 10.9. The maximum absolute atomic E-state index is 12.6. The van der Waals surface area contributed by atoms with Crippen LogP contribution in [0.1, 0.15) is 67.2 Å². The van der Waals surface area contributed by atoms with Gasteiger partial charge in [-0.2, -0.15) is 0 Å². The molecule has 1 unspecified atom stereocenters. The normalized spacial score (nSPS) is 17.8. The van der Waals surface area contributed by atoms with E-state index in [1.54, 1.807) is 23.1 Å². The Bertz CT molecular complexity index is 878. The number of hydrogen-bond donors (Lipinski definition) is 1. The third kappa shape index (κ3) is 5.34. The number of hydrogen-bond acceptors (Lipinski definition) is 4. The van der Waals surface area contributed by atoms with E-state index in [4.69, 9.17) is 0 Å². The average molecular weight is 492 g/mol. The second-order valence-corrected chi connectivity index (χ2v) is 9.67. The van der Waals surface area contributed by atoms with Crippen molar-refractivity contribution in [3.05, 3.63) is 33.8 Å². The highest BCUT2D eigenvalue weighted by molar-refractivity contribution is 9.10. The summed E-state index contributed by atoms with van der Waals surface area (Å²) >= 11 is 3.32. The first-order chi connectivity index (χ1) is 14.7. The molecule has 0 aliphatic carbocycles. The average Bonchev–Trinajstić information content (AvgIpc) is 2.97. The predicted molar refractivity (Wildman–Crippen MR) is 120 cm³/mol. The van der Waals surface area contributed by atoms with Crippen LogP contribution in [0.25, 0.3) is 0 Å². The first-order valence-corrected chi connectivity index (χ1v) is 11.7. The van der Waals surface area contributed by atoms with Crippen molar-refractivity contribution in [1.82, 2.24) is 15.1 Å². The van der Waals surface area contributed by atoms with Gasteiger partial charge in [0.15, 0.2) is 0 Å². The Balaban J connectivity index is 1.43. The van der Waals surface area contributed by atoms with Crippen LogP contribution < -0.4 is 5.32 Å². The Morgan fingerprint density at radius 3 is 2.39 bits per heavy atom. The van der Waals surface area contributed by atoms with Gasteiger partial charge >= 0.3 is 0 Å². The number of piperidine rings is 1. The highest BCUT2D eigenvalue weighted by atomic mass is 79.9. The number of rotatable bonds is 7. The summed E-state index contributed by atoms with van der Waals surface area (Å²) in [6.45, 7) is 7.51. The Morgan fingerprint density at radius 2 is 1.74 bits per heavy atom. The van der Waals surface area contributed by atoms with Crippen molar-refractivity contribution in [3.63, 3.8) is 0 Å². The van der Waals surface area contributed by atoms with Crippen LogP contribution >= 0.6 is 15.9 Å². The topological polar surface area (TPSA) is 86.8 Å². The van der Waals surface area contributed by atoms with E-state index in [0.29, 0.717) is 49.4 Å². The summed E-state index contributed by atoms with van der Waals surface area (Å²) in [4.78, 5) is 53.0. The van der Waals surface area contributed by atoms with Crippen LogP contribution in [0.15, 0.2) is 22.7 Å². The molecule has 2 aliphatic rings. The molecule has 0 radical (unpaired) electrons. The molecular weight excluding hydrogens is 462 g/mol. The van der Waals surface area contributed by atoms with Gasteiger partial charge in [0.25, 0.3) is 11.8 Å². The smallest absolute Gasteiger partial charge is 0.261 e. The van der Waals surface area contributed by atoms with Crippen LogP contribution in [0, 0.1) is 11.8 Å². The molecule has 31 heavy (non-hydrogen) atoms. The summed E-state index contributed by atoms with van der Waals surface area (Å²) in [5.41, 5.74) is 0.810. The number of carbonyl (C=O) groups is 4. The van der Waals surface area contributed by atoms with E-state index < -0.39 is 0 Å². The molecular formula is C23H30BrN3O4. The molecule has 0 spiro atoms. The molecule has 4 amide bonds. The summed E-state index contributed by atoms with van der Waals surface area (Å²) in [5.74, 6) is -0.199. The van der Waals surface area contributed by atoms with Gasteiger partial charge in [-0.05, 0) is 50.3 Å². The Hall–Kier alpha value is -2.22. The summed E-state index contributed by atoms with van der Waals surface area (Å²) < 4.78 is 0.750. The lowest BCUT2D eigenvalue weighted by Gasteiger charge is -2.32. The predicted octanol–water partition coefficient (Wildman–Crippen LogP) is 3.22. The molecule has 1 atom stereocenters. The van der Waals surface area contributed by atoms with Gasteiger partial charge < -0.3 is 10.2 Å². The lowest BCUT2D eigenvalue weighted by atomic mass is 9.94. The quantitative estimate of drug-likeness (QED) is 0.593. The van der Waals surface area contributed by atoms with Gasteiger partial charge in [0.05, 0.1) is 11.1 Å². The van der Waals surface area contributed by atoms with Gasteiger partial charge in [0, 0.05) is 42.5 Å². The molecule has 1 N–H and O–H groups in total. The minimum absolute atomic E-state index is 0.00811. The van der Waals surface area contributed by atoms with E-state index in [1.807, 2.05) is 6.92 Å². The number of nitrogens with one attached hydrogen (secondary N) is 1. The monoisotopic (exact) mass is 491 g/mol. The standard InChI is InChI=1S/C23H30BrN3O4/c1-14(2)15(3)25-21(29)16-8-11-26(12-9-16)20(28)5-4-10-27-22(30)18-7-6-17(24)13-19(18)23(27)31/h6-7,13-16H,4-5,8-12H2,1-3H3,(H,25,29).